The van der Waals surface area contributed by atoms with Crippen LogP contribution in [0.4, 0.5) is 0 Å². The second-order valence-corrected chi connectivity index (χ2v) is 5.90. The first kappa shape index (κ1) is 13.9. The molecule has 0 unspecified atom stereocenters. The summed E-state index contributed by atoms with van der Waals surface area (Å²) < 4.78 is 0. The van der Waals surface area contributed by atoms with Gasteiger partial charge in [-0.2, -0.15) is 0 Å². The molecule has 0 radical (unpaired) electrons. The Morgan fingerprint density at radius 3 is 2.44 bits per heavy atom. The molecule has 0 aromatic rings. The first-order valence-electron chi connectivity index (χ1n) is 6.64. The SMILES string of the molecule is CC(C)(CN)CCCCN1CCC(O)CC1. The minimum Gasteiger partial charge on any atom is -0.393 e. The molecular weight excluding hydrogens is 200 g/mol. The maximum Gasteiger partial charge on any atom is 0.0564 e. The number of nitrogens with two attached hydrogens (primary N) is 1. The lowest BCUT2D eigenvalue weighted by Crippen LogP contribution is -2.36. The number of likely N-dealkylation sites (tertiary alicyclic amines) is 1. The molecular formula is C13H28N2O. The van der Waals surface area contributed by atoms with Gasteiger partial charge in [-0.25, -0.2) is 0 Å². The van der Waals surface area contributed by atoms with Crippen LogP contribution in [0.15, 0.2) is 0 Å². The summed E-state index contributed by atoms with van der Waals surface area (Å²) in [6.45, 7) is 8.59. The van der Waals surface area contributed by atoms with Crippen molar-refractivity contribution in [2.24, 2.45) is 11.1 Å². The van der Waals surface area contributed by atoms with E-state index in [1.807, 2.05) is 0 Å². The number of hydrogen-bond acceptors (Lipinski definition) is 3. The topological polar surface area (TPSA) is 49.5 Å². The van der Waals surface area contributed by atoms with Crippen molar-refractivity contribution in [2.45, 2.75) is 52.1 Å². The molecule has 3 N–H and O–H groups in total. The predicted molar refractivity (Wildman–Crippen MR) is 68.4 cm³/mol. The number of unbranched alkanes of at least 4 members (excludes halogenated alkanes) is 1. The van der Waals surface area contributed by atoms with E-state index in [4.69, 9.17) is 5.73 Å². The standard InChI is InChI=1S/C13H28N2O/c1-13(2,11-14)7-3-4-8-15-9-5-12(16)6-10-15/h12,16H,3-11,14H2,1-2H3. The summed E-state index contributed by atoms with van der Waals surface area (Å²) in [5.74, 6) is 0. The maximum atomic E-state index is 9.40. The molecule has 3 heteroatoms. The highest BCUT2D eigenvalue weighted by atomic mass is 16.3. The smallest absolute Gasteiger partial charge is 0.0564 e. The van der Waals surface area contributed by atoms with Gasteiger partial charge in [0.2, 0.25) is 0 Å². The Labute approximate surface area is 100 Å². The van der Waals surface area contributed by atoms with Crippen LogP contribution in [-0.4, -0.2) is 42.3 Å². The Balaban J connectivity index is 2.03. The Morgan fingerprint density at radius 1 is 1.25 bits per heavy atom. The van der Waals surface area contributed by atoms with Crippen LogP contribution in [0, 0.1) is 5.41 Å². The molecule has 0 atom stereocenters. The molecule has 0 spiro atoms. The van der Waals surface area contributed by atoms with E-state index in [0.29, 0.717) is 5.41 Å². The maximum absolute atomic E-state index is 9.40. The Morgan fingerprint density at radius 2 is 1.88 bits per heavy atom. The van der Waals surface area contributed by atoms with Crippen LogP contribution in [0.5, 0.6) is 0 Å². The van der Waals surface area contributed by atoms with E-state index in [1.54, 1.807) is 0 Å². The number of nitrogens with zero attached hydrogens (tertiary/aromatic N) is 1. The number of rotatable bonds is 6. The Bertz CT molecular complexity index is 186. The minimum atomic E-state index is -0.0487. The average molecular weight is 228 g/mol. The number of aliphatic hydroxyl groups excluding tert-OH is 1. The fourth-order valence-corrected chi connectivity index (χ4v) is 2.18. The largest absolute Gasteiger partial charge is 0.393 e. The summed E-state index contributed by atoms with van der Waals surface area (Å²) in [6, 6.07) is 0. The highest BCUT2D eigenvalue weighted by Crippen LogP contribution is 2.21. The first-order chi connectivity index (χ1) is 7.53. The molecule has 0 saturated carbocycles. The molecule has 0 amide bonds. The fraction of sp³-hybridized carbons (Fsp3) is 1.00. The highest BCUT2D eigenvalue weighted by molar-refractivity contribution is 4.72. The normalized spacial score (nSPS) is 20.2. The zero-order valence-electron chi connectivity index (χ0n) is 10.9. The van der Waals surface area contributed by atoms with Crippen molar-refractivity contribution in [1.29, 1.82) is 0 Å². The van der Waals surface area contributed by atoms with Gasteiger partial charge in [-0.1, -0.05) is 20.3 Å². The minimum absolute atomic E-state index is 0.0487. The van der Waals surface area contributed by atoms with Gasteiger partial charge in [-0.15, -0.1) is 0 Å². The van der Waals surface area contributed by atoms with E-state index < -0.39 is 0 Å². The van der Waals surface area contributed by atoms with Crippen LogP contribution in [0.2, 0.25) is 0 Å². The molecule has 1 aliphatic rings. The fourth-order valence-electron chi connectivity index (χ4n) is 2.18. The van der Waals surface area contributed by atoms with E-state index in [1.165, 1.54) is 25.8 Å². The summed E-state index contributed by atoms with van der Waals surface area (Å²) in [4.78, 5) is 2.47. The molecule has 0 aromatic heterocycles. The van der Waals surface area contributed by atoms with Crippen LogP contribution in [0.1, 0.15) is 46.0 Å². The zero-order valence-corrected chi connectivity index (χ0v) is 10.9. The molecule has 1 fully saturated rings. The van der Waals surface area contributed by atoms with Crippen molar-refractivity contribution in [3.05, 3.63) is 0 Å². The summed E-state index contributed by atoms with van der Waals surface area (Å²) in [5, 5.41) is 9.40. The van der Waals surface area contributed by atoms with Crippen molar-refractivity contribution < 1.29 is 5.11 Å². The molecule has 0 aromatic carbocycles. The lowest BCUT2D eigenvalue weighted by atomic mass is 9.87. The zero-order chi connectivity index (χ0) is 12.0. The third-order valence-corrected chi connectivity index (χ3v) is 3.69. The van der Waals surface area contributed by atoms with Crippen molar-refractivity contribution in [3.63, 3.8) is 0 Å². The molecule has 0 bridgehead atoms. The van der Waals surface area contributed by atoms with Crippen molar-refractivity contribution in [2.75, 3.05) is 26.2 Å². The highest BCUT2D eigenvalue weighted by Gasteiger charge is 2.17. The van der Waals surface area contributed by atoms with Crippen LogP contribution in [-0.2, 0) is 0 Å². The van der Waals surface area contributed by atoms with Gasteiger partial charge in [0.15, 0.2) is 0 Å². The van der Waals surface area contributed by atoms with Gasteiger partial charge in [0.1, 0.15) is 0 Å². The third-order valence-electron chi connectivity index (χ3n) is 3.69. The second kappa shape index (κ2) is 6.58. The first-order valence-corrected chi connectivity index (χ1v) is 6.64. The molecule has 1 rings (SSSR count). The Kier molecular flexibility index (Phi) is 5.73. The molecule has 1 saturated heterocycles. The van der Waals surface area contributed by atoms with Crippen LogP contribution < -0.4 is 5.73 Å². The van der Waals surface area contributed by atoms with Gasteiger partial charge in [-0.3, -0.25) is 0 Å². The van der Waals surface area contributed by atoms with Crippen molar-refractivity contribution in [3.8, 4) is 0 Å². The second-order valence-electron chi connectivity index (χ2n) is 5.90. The van der Waals surface area contributed by atoms with Gasteiger partial charge in [0.25, 0.3) is 0 Å². The molecule has 96 valence electrons. The Hall–Kier alpha value is -0.120. The van der Waals surface area contributed by atoms with E-state index >= 15 is 0 Å². The monoisotopic (exact) mass is 228 g/mol. The van der Waals surface area contributed by atoms with E-state index in [0.717, 1.165) is 32.5 Å². The summed E-state index contributed by atoms with van der Waals surface area (Å²) in [7, 11) is 0. The molecule has 0 aliphatic carbocycles. The molecule has 1 heterocycles. The lowest BCUT2D eigenvalue weighted by Gasteiger charge is -2.30. The van der Waals surface area contributed by atoms with Gasteiger partial charge in [0.05, 0.1) is 6.10 Å². The van der Waals surface area contributed by atoms with Gasteiger partial charge in [0, 0.05) is 13.1 Å². The lowest BCUT2D eigenvalue weighted by molar-refractivity contribution is 0.0814. The molecule has 3 nitrogen and oxygen atoms in total. The van der Waals surface area contributed by atoms with Gasteiger partial charge < -0.3 is 15.7 Å². The summed E-state index contributed by atoms with van der Waals surface area (Å²) >= 11 is 0. The van der Waals surface area contributed by atoms with Crippen molar-refractivity contribution in [1.82, 2.24) is 4.90 Å². The number of hydrogen-bond donors (Lipinski definition) is 2. The van der Waals surface area contributed by atoms with E-state index in [9.17, 15) is 5.11 Å². The third kappa shape index (κ3) is 5.28. The van der Waals surface area contributed by atoms with E-state index in [2.05, 4.69) is 18.7 Å². The van der Waals surface area contributed by atoms with Crippen molar-refractivity contribution >= 4 is 0 Å². The summed E-state index contributed by atoms with van der Waals surface area (Å²) in [5.41, 5.74) is 6.01. The van der Waals surface area contributed by atoms with Crippen LogP contribution in [0.3, 0.4) is 0 Å². The van der Waals surface area contributed by atoms with Crippen LogP contribution >= 0.6 is 0 Å². The summed E-state index contributed by atoms with van der Waals surface area (Å²) in [6.07, 6.45) is 5.61. The van der Waals surface area contributed by atoms with Gasteiger partial charge >= 0.3 is 0 Å². The predicted octanol–water partition coefficient (Wildman–Crippen LogP) is 1.60. The van der Waals surface area contributed by atoms with E-state index in [-0.39, 0.29) is 6.10 Å². The number of aliphatic hydroxyl groups is 1. The van der Waals surface area contributed by atoms with Crippen LogP contribution in [0.25, 0.3) is 0 Å². The molecule has 1 aliphatic heterocycles. The quantitative estimate of drug-likeness (QED) is 0.679. The molecule has 16 heavy (non-hydrogen) atoms. The average Bonchev–Trinajstić information content (AvgIpc) is 2.27. The number of piperidine rings is 1. The van der Waals surface area contributed by atoms with Gasteiger partial charge in [-0.05, 0) is 44.2 Å².